The van der Waals surface area contributed by atoms with Crippen LogP contribution in [0.5, 0.6) is 6.01 Å². The number of hydrogen-bond acceptors (Lipinski definition) is 7. The minimum atomic E-state index is -0.542. The molecule has 2 heterocycles. The van der Waals surface area contributed by atoms with Crippen LogP contribution in [0.4, 0.5) is 5.69 Å². The zero-order valence-corrected chi connectivity index (χ0v) is 9.19. The van der Waals surface area contributed by atoms with Gasteiger partial charge >= 0.3 is 11.7 Å². The van der Waals surface area contributed by atoms with Gasteiger partial charge in [-0.25, -0.2) is 19.9 Å². The van der Waals surface area contributed by atoms with E-state index in [0.717, 1.165) is 12.4 Å². The van der Waals surface area contributed by atoms with Crippen molar-refractivity contribution in [3.05, 3.63) is 47.3 Å². The summed E-state index contributed by atoms with van der Waals surface area (Å²) in [4.78, 5) is 23.1. The molecule has 0 atom stereocenters. The lowest BCUT2D eigenvalue weighted by atomic mass is 10.6. The van der Waals surface area contributed by atoms with E-state index in [2.05, 4.69) is 19.9 Å². The fourth-order valence-corrected chi connectivity index (χ4v) is 0.677. The largest absolute Gasteiger partial charge is 0.479 e. The Morgan fingerprint density at radius 2 is 1.71 bits per heavy atom. The fraction of sp³-hybridized carbons (Fsp3) is 0. The van der Waals surface area contributed by atoms with Gasteiger partial charge in [0.1, 0.15) is 18.7 Å². The van der Waals surface area contributed by atoms with Crippen molar-refractivity contribution in [2.75, 3.05) is 0 Å². The highest BCUT2D eigenvalue weighted by atomic mass is 35.5. The molecule has 9 heteroatoms. The average Bonchev–Trinajstić information content (AvgIpc) is 2.32. The molecule has 0 spiro atoms. The minimum Gasteiger partial charge on any atom is -0.479 e. The number of rotatable bonds is 1. The fourth-order valence-electron chi connectivity index (χ4n) is 0.677. The molecule has 0 aliphatic rings. The van der Waals surface area contributed by atoms with Gasteiger partial charge in [-0.3, -0.25) is 10.1 Å². The average molecular weight is 258 g/mol. The summed E-state index contributed by atoms with van der Waals surface area (Å²) in [6.07, 6.45) is 6.48. The number of nitrogens with zero attached hydrogens (tertiary/aromatic N) is 5. The quantitative estimate of drug-likeness (QED) is 0.598. The summed E-state index contributed by atoms with van der Waals surface area (Å²) in [7, 11) is 0. The lowest BCUT2D eigenvalue weighted by molar-refractivity contribution is -0.385. The maximum Gasteiger partial charge on any atom is 0.313 e. The zero-order valence-electron chi connectivity index (χ0n) is 8.37. The minimum absolute atomic E-state index is 0. The number of aromatic nitrogens is 4. The molecule has 90 valence electrons. The van der Waals surface area contributed by atoms with Crippen LogP contribution in [0.3, 0.4) is 0 Å². The summed E-state index contributed by atoms with van der Waals surface area (Å²) in [6.45, 7) is 0. The van der Waals surface area contributed by atoms with Gasteiger partial charge in [0.2, 0.25) is 0 Å². The molecule has 17 heavy (non-hydrogen) atoms. The lowest BCUT2D eigenvalue weighted by Crippen LogP contribution is -1.88. The van der Waals surface area contributed by atoms with Crippen LogP contribution in [0.15, 0.2) is 37.2 Å². The van der Waals surface area contributed by atoms with Crippen LogP contribution in [0, 0.1) is 10.1 Å². The molecule has 8 nitrogen and oxygen atoms in total. The zero-order chi connectivity index (χ0) is 11.8. The van der Waals surface area contributed by atoms with Crippen molar-refractivity contribution < 1.29 is 10.0 Å². The molecular formula is C8H8ClN5O3. The standard InChI is InChI=1S/C4H3N3O2.C4H4N2O.ClH/c8-7(9)4-1-5-3-6-2-4;7-4-5-2-1-3-6-4;/h1-3H;1-3H,(H,5,6,7);1H. The van der Waals surface area contributed by atoms with E-state index in [1.807, 2.05) is 0 Å². The lowest BCUT2D eigenvalue weighted by Gasteiger charge is -1.84. The Morgan fingerprint density at radius 1 is 1.18 bits per heavy atom. The Balaban J connectivity index is 0.000000292. The molecule has 2 aromatic heterocycles. The number of hydrogen-bond donors (Lipinski definition) is 1. The SMILES string of the molecule is Cl.O=[N+]([O-])c1cncnc1.Oc1ncccn1. The van der Waals surface area contributed by atoms with E-state index in [1.54, 1.807) is 6.07 Å². The van der Waals surface area contributed by atoms with Crippen LogP contribution in [0.25, 0.3) is 0 Å². The Kier molecular flexibility index (Phi) is 6.79. The monoisotopic (exact) mass is 257 g/mol. The molecular weight excluding hydrogens is 250 g/mol. The summed E-state index contributed by atoms with van der Waals surface area (Å²) in [5.74, 6) is 0. The highest BCUT2D eigenvalue weighted by Crippen LogP contribution is 2.02. The second kappa shape index (κ2) is 7.88. The van der Waals surface area contributed by atoms with E-state index in [9.17, 15) is 10.1 Å². The van der Waals surface area contributed by atoms with E-state index < -0.39 is 4.92 Å². The highest BCUT2D eigenvalue weighted by molar-refractivity contribution is 5.85. The third-order valence-corrected chi connectivity index (χ3v) is 1.31. The van der Waals surface area contributed by atoms with Crippen molar-refractivity contribution in [3.63, 3.8) is 0 Å². The van der Waals surface area contributed by atoms with Crippen LogP contribution in [-0.2, 0) is 0 Å². The number of aromatic hydroxyl groups is 1. The molecule has 0 unspecified atom stereocenters. The van der Waals surface area contributed by atoms with Gasteiger partial charge in [-0.05, 0) is 6.07 Å². The topological polar surface area (TPSA) is 115 Å². The molecule has 0 aliphatic heterocycles. The van der Waals surface area contributed by atoms with Gasteiger partial charge in [-0.2, -0.15) is 0 Å². The number of nitro groups is 1. The first-order valence-corrected chi connectivity index (χ1v) is 4.05. The van der Waals surface area contributed by atoms with Gasteiger partial charge in [-0.15, -0.1) is 12.4 Å². The van der Waals surface area contributed by atoms with Crippen molar-refractivity contribution in [2.45, 2.75) is 0 Å². The van der Waals surface area contributed by atoms with Gasteiger partial charge in [0.15, 0.2) is 0 Å². The Morgan fingerprint density at radius 3 is 2.00 bits per heavy atom. The molecule has 0 aliphatic carbocycles. The summed E-state index contributed by atoms with van der Waals surface area (Å²) in [5.41, 5.74) is -0.0856. The maximum absolute atomic E-state index is 9.93. The van der Waals surface area contributed by atoms with Crippen LogP contribution >= 0.6 is 12.4 Å². The molecule has 0 saturated carbocycles. The summed E-state index contributed by atoms with van der Waals surface area (Å²) >= 11 is 0. The third kappa shape index (κ3) is 5.95. The molecule has 1 N–H and O–H groups in total. The molecule has 0 saturated heterocycles. The predicted octanol–water partition coefficient (Wildman–Crippen LogP) is 0.989. The molecule has 0 radical (unpaired) electrons. The van der Waals surface area contributed by atoms with E-state index in [0.29, 0.717) is 0 Å². The molecule has 0 amide bonds. The van der Waals surface area contributed by atoms with Crippen molar-refractivity contribution in [1.82, 2.24) is 19.9 Å². The van der Waals surface area contributed by atoms with Crippen LogP contribution < -0.4 is 0 Å². The van der Waals surface area contributed by atoms with E-state index >= 15 is 0 Å². The van der Waals surface area contributed by atoms with E-state index in [1.165, 1.54) is 18.7 Å². The van der Waals surface area contributed by atoms with Gasteiger partial charge in [0.05, 0.1) is 4.92 Å². The normalized spacial score (nSPS) is 8.24. The van der Waals surface area contributed by atoms with Crippen molar-refractivity contribution in [2.24, 2.45) is 0 Å². The first-order chi connectivity index (χ1) is 7.70. The molecule has 2 rings (SSSR count). The van der Waals surface area contributed by atoms with E-state index in [-0.39, 0.29) is 24.1 Å². The van der Waals surface area contributed by atoms with Gasteiger partial charge in [0.25, 0.3) is 0 Å². The first kappa shape index (κ1) is 14.6. The highest BCUT2D eigenvalue weighted by Gasteiger charge is 2.01. The molecule has 0 aromatic carbocycles. The van der Waals surface area contributed by atoms with Crippen LogP contribution in [-0.4, -0.2) is 30.0 Å². The van der Waals surface area contributed by atoms with Crippen LogP contribution in [0.1, 0.15) is 0 Å². The van der Waals surface area contributed by atoms with E-state index in [4.69, 9.17) is 5.11 Å². The van der Waals surface area contributed by atoms with Gasteiger partial charge in [-0.1, -0.05) is 0 Å². The Hall–Kier alpha value is -2.35. The predicted molar refractivity (Wildman–Crippen MR) is 59.6 cm³/mol. The maximum atomic E-state index is 9.93. The third-order valence-electron chi connectivity index (χ3n) is 1.31. The van der Waals surface area contributed by atoms with Gasteiger partial charge in [0, 0.05) is 12.4 Å². The Labute approximate surface area is 102 Å². The summed E-state index contributed by atoms with van der Waals surface area (Å²) < 4.78 is 0. The smallest absolute Gasteiger partial charge is 0.313 e. The molecule has 0 bridgehead atoms. The summed E-state index contributed by atoms with van der Waals surface area (Å²) in [6, 6.07) is 1.46. The molecule has 2 aromatic rings. The second-order valence-corrected chi connectivity index (χ2v) is 2.40. The molecule has 0 fully saturated rings. The second-order valence-electron chi connectivity index (χ2n) is 2.40. The Bertz CT molecular complexity index is 441. The van der Waals surface area contributed by atoms with Crippen molar-refractivity contribution in [1.29, 1.82) is 0 Å². The number of halogens is 1. The summed E-state index contributed by atoms with van der Waals surface area (Å²) in [5, 5.41) is 18.3. The first-order valence-electron chi connectivity index (χ1n) is 4.05. The van der Waals surface area contributed by atoms with Crippen molar-refractivity contribution in [3.8, 4) is 6.01 Å². The van der Waals surface area contributed by atoms with Gasteiger partial charge < -0.3 is 5.11 Å². The van der Waals surface area contributed by atoms with Crippen LogP contribution in [0.2, 0.25) is 0 Å². The van der Waals surface area contributed by atoms with Crippen molar-refractivity contribution >= 4 is 18.1 Å².